The van der Waals surface area contributed by atoms with Gasteiger partial charge in [-0.15, -0.1) is 0 Å². The van der Waals surface area contributed by atoms with Crippen LogP contribution < -0.4 is 14.8 Å². The van der Waals surface area contributed by atoms with Crippen molar-refractivity contribution in [3.05, 3.63) is 59.1 Å². The zero-order valence-electron chi connectivity index (χ0n) is 12.3. The third-order valence-corrected chi connectivity index (χ3v) is 3.33. The third-order valence-electron chi connectivity index (χ3n) is 3.08. The highest BCUT2D eigenvalue weighted by atomic mass is 35.5. The topological polar surface area (TPSA) is 47.6 Å². The van der Waals surface area contributed by atoms with Crippen molar-refractivity contribution in [1.29, 1.82) is 0 Å². The van der Waals surface area contributed by atoms with Crippen LogP contribution in [0.2, 0.25) is 5.02 Å². The molecule has 2 rings (SSSR count). The lowest BCUT2D eigenvalue weighted by Gasteiger charge is -2.08. The van der Waals surface area contributed by atoms with E-state index in [-0.39, 0.29) is 12.5 Å². The fraction of sp³-hybridized carbons (Fsp3) is 0.235. The predicted octanol–water partition coefficient (Wildman–Crippen LogP) is 3.09. The van der Waals surface area contributed by atoms with Gasteiger partial charge in [0.25, 0.3) is 5.91 Å². The largest absolute Gasteiger partial charge is 0.497 e. The Kier molecular flexibility index (Phi) is 6.10. The summed E-state index contributed by atoms with van der Waals surface area (Å²) in [7, 11) is 1.60. The summed E-state index contributed by atoms with van der Waals surface area (Å²) in [6.45, 7) is 0.555. The summed E-state index contributed by atoms with van der Waals surface area (Å²) in [5.41, 5.74) is 1.13. The van der Waals surface area contributed by atoms with Crippen molar-refractivity contribution < 1.29 is 14.3 Å². The Hall–Kier alpha value is -2.20. The maximum atomic E-state index is 11.7. The van der Waals surface area contributed by atoms with Gasteiger partial charge in [-0.25, -0.2) is 0 Å². The van der Waals surface area contributed by atoms with E-state index in [0.29, 0.717) is 17.3 Å². The van der Waals surface area contributed by atoms with Crippen LogP contribution in [0.5, 0.6) is 11.5 Å². The Morgan fingerprint density at radius 2 is 1.68 bits per heavy atom. The van der Waals surface area contributed by atoms with Crippen LogP contribution >= 0.6 is 11.6 Å². The first kappa shape index (κ1) is 16.2. The second-order valence-corrected chi connectivity index (χ2v) is 5.13. The van der Waals surface area contributed by atoms with Crippen molar-refractivity contribution in [2.45, 2.75) is 6.42 Å². The molecule has 0 atom stereocenters. The van der Waals surface area contributed by atoms with Crippen molar-refractivity contribution in [2.24, 2.45) is 0 Å². The monoisotopic (exact) mass is 319 g/mol. The van der Waals surface area contributed by atoms with Crippen molar-refractivity contribution in [1.82, 2.24) is 5.32 Å². The van der Waals surface area contributed by atoms with E-state index in [1.165, 1.54) is 0 Å². The molecule has 116 valence electrons. The highest BCUT2D eigenvalue weighted by Gasteiger charge is 2.03. The van der Waals surface area contributed by atoms with Gasteiger partial charge in [0, 0.05) is 11.6 Å². The van der Waals surface area contributed by atoms with Crippen LogP contribution in [-0.4, -0.2) is 26.2 Å². The second-order valence-electron chi connectivity index (χ2n) is 4.69. The van der Waals surface area contributed by atoms with Crippen LogP contribution in [0.4, 0.5) is 0 Å². The third kappa shape index (κ3) is 5.30. The molecule has 5 heteroatoms. The SMILES string of the molecule is COc1ccc(OCC(=O)NCCc2ccc(Cl)cc2)cc1. The van der Waals surface area contributed by atoms with Gasteiger partial charge in [0.2, 0.25) is 0 Å². The molecule has 0 radical (unpaired) electrons. The Morgan fingerprint density at radius 1 is 1.05 bits per heavy atom. The Bertz CT molecular complexity index is 596. The molecule has 4 nitrogen and oxygen atoms in total. The van der Waals surface area contributed by atoms with Crippen molar-refractivity contribution >= 4 is 17.5 Å². The lowest BCUT2D eigenvalue weighted by Crippen LogP contribution is -2.30. The molecule has 0 fully saturated rings. The molecule has 0 aliphatic heterocycles. The van der Waals surface area contributed by atoms with Gasteiger partial charge in [-0.2, -0.15) is 0 Å². The van der Waals surface area contributed by atoms with Crippen LogP contribution in [0.25, 0.3) is 0 Å². The molecule has 22 heavy (non-hydrogen) atoms. The summed E-state index contributed by atoms with van der Waals surface area (Å²) < 4.78 is 10.5. The molecule has 2 aromatic carbocycles. The zero-order chi connectivity index (χ0) is 15.8. The average molecular weight is 320 g/mol. The molecule has 0 heterocycles. The zero-order valence-corrected chi connectivity index (χ0v) is 13.1. The lowest BCUT2D eigenvalue weighted by molar-refractivity contribution is -0.123. The van der Waals surface area contributed by atoms with E-state index in [4.69, 9.17) is 21.1 Å². The lowest BCUT2D eigenvalue weighted by atomic mass is 10.1. The van der Waals surface area contributed by atoms with E-state index >= 15 is 0 Å². The fourth-order valence-electron chi connectivity index (χ4n) is 1.87. The van der Waals surface area contributed by atoms with Crippen molar-refractivity contribution in [2.75, 3.05) is 20.3 Å². The van der Waals surface area contributed by atoms with E-state index in [1.54, 1.807) is 31.4 Å². The summed E-state index contributed by atoms with van der Waals surface area (Å²) in [5.74, 6) is 1.23. The number of halogens is 1. The molecule has 2 aromatic rings. The van der Waals surface area contributed by atoms with Crippen LogP contribution in [0.1, 0.15) is 5.56 Å². The molecular formula is C17H18ClNO3. The number of hydrogen-bond acceptors (Lipinski definition) is 3. The Balaban J connectivity index is 1.68. The summed E-state index contributed by atoms with van der Waals surface area (Å²) in [4.78, 5) is 11.7. The minimum Gasteiger partial charge on any atom is -0.497 e. The average Bonchev–Trinajstić information content (AvgIpc) is 2.55. The summed E-state index contributed by atoms with van der Waals surface area (Å²) in [6.07, 6.45) is 0.755. The van der Waals surface area contributed by atoms with Gasteiger partial charge in [0.05, 0.1) is 7.11 Å². The number of hydrogen-bond donors (Lipinski definition) is 1. The van der Waals surface area contributed by atoms with E-state index in [2.05, 4.69) is 5.32 Å². The first-order valence-electron chi connectivity index (χ1n) is 6.95. The van der Waals surface area contributed by atoms with Gasteiger partial charge in [-0.3, -0.25) is 4.79 Å². The molecule has 0 unspecified atom stereocenters. The number of benzene rings is 2. The number of rotatable bonds is 7. The van der Waals surface area contributed by atoms with E-state index < -0.39 is 0 Å². The number of amides is 1. The standard InChI is InChI=1S/C17H18ClNO3/c1-21-15-6-8-16(9-7-15)22-12-17(20)19-11-10-13-2-4-14(18)5-3-13/h2-9H,10-12H2,1H3,(H,19,20). The predicted molar refractivity (Wildman–Crippen MR) is 86.7 cm³/mol. The summed E-state index contributed by atoms with van der Waals surface area (Å²) in [6, 6.07) is 14.7. The summed E-state index contributed by atoms with van der Waals surface area (Å²) in [5, 5.41) is 3.53. The number of carbonyl (C=O) groups is 1. The fourth-order valence-corrected chi connectivity index (χ4v) is 2.00. The van der Waals surface area contributed by atoms with E-state index in [0.717, 1.165) is 17.7 Å². The first-order chi connectivity index (χ1) is 10.7. The molecule has 0 saturated carbocycles. The van der Waals surface area contributed by atoms with Gasteiger partial charge in [0.1, 0.15) is 11.5 Å². The molecule has 0 bridgehead atoms. The van der Waals surface area contributed by atoms with Crippen molar-refractivity contribution in [3.8, 4) is 11.5 Å². The first-order valence-corrected chi connectivity index (χ1v) is 7.33. The Morgan fingerprint density at radius 3 is 2.32 bits per heavy atom. The molecule has 0 spiro atoms. The molecule has 0 aromatic heterocycles. The number of methoxy groups -OCH3 is 1. The molecule has 1 N–H and O–H groups in total. The quantitative estimate of drug-likeness (QED) is 0.853. The normalized spacial score (nSPS) is 10.1. The number of ether oxygens (including phenoxy) is 2. The minimum atomic E-state index is -0.148. The maximum Gasteiger partial charge on any atom is 0.257 e. The highest BCUT2D eigenvalue weighted by molar-refractivity contribution is 6.30. The van der Waals surface area contributed by atoms with Gasteiger partial charge in [-0.1, -0.05) is 23.7 Å². The summed E-state index contributed by atoms with van der Waals surface area (Å²) >= 11 is 5.82. The molecule has 1 amide bonds. The second kappa shape index (κ2) is 8.29. The van der Waals surface area contributed by atoms with Crippen LogP contribution in [0, 0.1) is 0 Å². The van der Waals surface area contributed by atoms with Crippen molar-refractivity contribution in [3.63, 3.8) is 0 Å². The molecule has 0 aliphatic carbocycles. The molecule has 0 saturated heterocycles. The van der Waals surface area contributed by atoms with E-state index in [1.807, 2.05) is 24.3 Å². The highest BCUT2D eigenvalue weighted by Crippen LogP contribution is 2.16. The number of nitrogens with one attached hydrogen (secondary N) is 1. The number of carbonyl (C=O) groups excluding carboxylic acids is 1. The Labute approximate surface area is 135 Å². The van der Waals surface area contributed by atoms with E-state index in [9.17, 15) is 4.79 Å². The minimum absolute atomic E-state index is 0.00700. The maximum absolute atomic E-state index is 11.7. The van der Waals surface area contributed by atoms with Crippen LogP contribution in [-0.2, 0) is 11.2 Å². The van der Waals surface area contributed by atoms with Gasteiger partial charge < -0.3 is 14.8 Å². The van der Waals surface area contributed by atoms with Crippen LogP contribution in [0.15, 0.2) is 48.5 Å². The molecular weight excluding hydrogens is 302 g/mol. The van der Waals surface area contributed by atoms with Gasteiger partial charge in [-0.05, 0) is 48.4 Å². The van der Waals surface area contributed by atoms with Gasteiger partial charge >= 0.3 is 0 Å². The van der Waals surface area contributed by atoms with Crippen LogP contribution in [0.3, 0.4) is 0 Å². The smallest absolute Gasteiger partial charge is 0.257 e. The van der Waals surface area contributed by atoms with Gasteiger partial charge in [0.15, 0.2) is 6.61 Å². The molecule has 0 aliphatic rings.